The van der Waals surface area contributed by atoms with Crippen LogP contribution in [0.5, 0.6) is 5.88 Å². The van der Waals surface area contributed by atoms with Crippen LogP contribution in [0.2, 0.25) is 0 Å². The van der Waals surface area contributed by atoms with Gasteiger partial charge in [-0.2, -0.15) is 23.4 Å². The number of aromatic nitrogens is 5. The monoisotopic (exact) mass is 559 g/mol. The van der Waals surface area contributed by atoms with Crippen LogP contribution in [0.1, 0.15) is 67.7 Å². The molecule has 13 heteroatoms. The Labute approximate surface area is 229 Å². The molecule has 5 rings (SSSR count). The van der Waals surface area contributed by atoms with Crippen LogP contribution in [0.15, 0.2) is 43.0 Å². The number of rotatable bonds is 11. The molecule has 0 aliphatic heterocycles. The third kappa shape index (κ3) is 5.82. The zero-order valence-corrected chi connectivity index (χ0v) is 22.4. The average molecular weight is 560 g/mol. The summed E-state index contributed by atoms with van der Waals surface area (Å²) in [6.07, 6.45) is 4.34. The standard InChI is InChI=1S/C27H32F3N7O3/c1-15(2)37-20(10-12-32-37)24(38)35-22(21(16-6-7-16)17-8-9-17)25(39)34-18-13-33-36(14-18)23(27(28,29)30)19-5-4-11-31-26(19)40-3/h4-5,10-17,21-23H,6-9H2,1-3H3,(H,34,39)(H,35,38). The highest BCUT2D eigenvalue weighted by Crippen LogP contribution is 2.51. The molecule has 3 heterocycles. The Morgan fingerprint density at radius 1 is 1.07 bits per heavy atom. The van der Waals surface area contributed by atoms with Crippen molar-refractivity contribution in [2.75, 3.05) is 12.4 Å². The zero-order valence-electron chi connectivity index (χ0n) is 22.4. The summed E-state index contributed by atoms with van der Waals surface area (Å²) in [5.41, 5.74) is 0.205. The number of nitrogens with one attached hydrogen (secondary N) is 2. The van der Waals surface area contributed by atoms with Crippen molar-refractivity contribution in [1.82, 2.24) is 29.9 Å². The van der Waals surface area contributed by atoms with Crippen molar-refractivity contribution in [2.24, 2.45) is 17.8 Å². The fraction of sp³-hybridized carbons (Fsp3) is 0.519. The van der Waals surface area contributed by atoms with Crippen molar-refractivity contribution in [3.63, 3.8) is 0 Å². The summed E-state index contributed by atoms with van der Waals surface area (Å²) in [7, 11) is 1.24. The van der Waals surface area contributed by atoms with E-state index in [4.69, 9.17) is 4.74 Å². The van der Waals surface area contributed by atoms with Crippen LogP contribution < -0.4 is 15.4 Å². The molecule has 0 bridgehead atoms. The molecule has 214 valence electrons. The maximum atomic E-state index is 14.2. The molecule has 2 amide bonds. The van der Waals surface area contributed by atoms with E-state index in [9.17, 15) is 22.8 Å². The SMILES string of the molecule is COc1ncccc1C(n1cc(NC(=O)C(NC(=O)c2ccnn2C(C)C)C(C2CC2)C2CC2)cn1)C(F)(F)F. The van der Waals surface area contributed by atoms with Gasteiger partial charge in [-0.15, -0.1) is 0 Å². The van der Waals surface area contributed by atoms with Crippen LogP contribution in [-0.4, -0.2) is 55.7 Å². The average Bonchev–Trinajstić information content (AvgIpc) is 3.83. The number of anilines is 1. The fourth-order valence-electron chi connectivity index (χ4n) is 5.36. The number of pyridine rings is 1. The van der Waals surface area contributed by atoms with E-state index in [1.54, 1.807) is 10.7 Å². The number of carbonyl (C=O) groups is 2. The first-order chi connectivity index (χ1) is 19.1. The van der Waals surface area contributed by atoms with Crippen molar-refractivity contribution in [3.8, 4) is 5.88 Å². The van der Waals surface area contributed by atoms with Gasteiger partial charge < -0.3 is 15.4 Å². The van der Waals surface area contributed by atoms with Crippen LogP contribution in [-0.2, 0) is 4.79 Å². The number of ether oxygens (including phenoxy) is 1. The van der Waals surface area contributed by atoms with Crippen LogP contribution in [0.4, 0.5) is 18.9 Å². The first kappa shape index (κ1) is 27.7. The third-order valence-corrected chi connectivity index (χ3v) is 7.41. The van der Waals surface area contributed by atoms with Gasteiger partial charge in [-0.05, 0) is 75.5 Å². The summed E-state index contributed by atoms with van der Waals surface area (Å²) in [5.74, 6) is -0.519. The number of hydrogen-bond acceptors (Lipinski definition) is 6. The molecule has 40 heavy (non-hydrogen) atoms. The fourth-order valence-corrected chi connectivity index (χ4v) is 5.36. The summed E-state index contributed by atoms with van der Waals surface area (Å²) < 4.78 is 49.9. The molecule has 0 saturated heterocycles. The molecule has 2 N–H and O–H groups in total. The summed E-state index contributed by atoms with van der Waals surface area (Å²) in [4.78, 5) is 30.8. The highest BCUT2D eigenvalue weighted by molar-refractivity contribution is 6.00. The van der Waals surface area contributed by atoms with Crippen molar-refractivity contribution in [2.45, 2.75) is 63.8 Å². The third-order valence-electron chi connectivity index (χ3n) is 7.41. The molecule has 10 nitrogen and oxygen atoms in total. The van der Waals surface area contributed by atoms with Crippen LogP contribution >= 0.6 is 0 Å². The molecule has 0 aromatic carbocycles. The molecule has 2 aliphatic rings. The molecule has 2 fully saturated rings. The number of carbonyl (C=O) groups excluding carboxylic acids is 2. The maximum absolute atomic E-state index is 14.2. The number of amides is 2. The highest BCUT2D eigenvalue weighted by atomic mass is 19.4. The molecule has 2 saturated carbocycles. The first-order valence-corrected chi connectivity index (χ1v) is 13.3. The van der Waals surface area contributed by atoms with E-state index in [1.807, 2.05) is 13.8 Å². The highest BCUT2D eigenvalue weighted by Gasteiger charge is 2.49. The number of hydrogen-bond donors (Lipinski definition) is 2. The van der Waals surface area contributed by atoms with Gasteiger partial charge in [-0.1, -0.05) is 0 Å². The smallest absolute Gasteiger partial charge is 0.415 e. The minimum atomic E-state index is -4.72. The Kier molecular flexibility index (Phi) is 7.56. The lowest BCUT2D eigenvalue weighted by atomic mass is 9.88. The van der Waals surface area contributed by atoms with Gasteiger partial charge in [0.25, 0.3) is 5.91 Å². The van der Waals surface area contributed by atoms with Crippen LogP contribution in [0.3, 0.4) is 0 Å². The van der Waals surface area contributed by atoms with E-state index in [0.717, 1.165) is 42.8 Å². The lowest BCUT2D eigenvalue weighted by molar-refractivity contribution is -0.159. The van der Waals surface area contributed by atoms with Crippen LogP contribution in [0.25, 0.3) is 0 Å². The molecule has 0 radical (unpaired) electrons. The summed E-state index contributed by atoms with van der Waals surface area (Å²) >= 11 is 0. The summed E-state index contributed by atoms with van der Waals surface area (Å²) in [6.45, 7) is 3.80. The predicted molar refractivity (Wildman–Crippen MR) is 139 cm³/mol. The van der Waals surface area contributed by atoms with E-state index in [-0.39, 0.29) is 29.1 Å². The Balaban J connectivity index is 1.40. The second-order valence-corrected chi connectivity index (χ2v) is 10.7. The second-order valence-electron chi connectivity index (χ2n) is 10.7. The number of halogens is 3. The largest absolute Gasteiger partial charge is 0.481 e. The second kappa shape index (κ2) is 10.9. The molecule has 3 aromatic rings. The molecule has 0 spiro atoms. The van der Waals surface area contributed by atoms with E-state index < -0.39 is 30.1 Å². The lowest BCUT2D eigenvalue weighted by Gasteiger charge is -2.27. The molecule has 2 unspecified atom stereocenters. The molecule has 2 aliphatic carbocycles. The van der Waals surface area contributed by atoms with Crippen molar-refractivity contribution in [1.29, 1.82) is 0 Å². The molecule has 2 atom stereocenters. The van der Waals surface area contributed by atoms with Gasteiger partial charge >= 0.3 is 6.18 Å². The van der Waals surface area contributed by atoms with Gasteiger partial charge in [0.2, 0.25) is 11.8 Å². The molecular formula is C27H32F3N7O3. The lowest BCUT2D eigenvalue weighted by Crippen LogP contribution is -2.50. The number of methoxy groups -OCH3 is 1. The Morgan fingerprint density at radius 2 is 1.77 bits per heavy atom. The zero-order chi connectivity index (χ0) is 28.6. The van der Waals surface area contributed by atoms with E-state index in [0.29, 0.717) is 17.5 Å². The van der Waals surface area contributed by atoms with Gasteiger partial charge in [-0.3, -0.25) is 19.0 Å². The van der Waals surface area contributed by atoms with Crippen LogP contribution in [0, 0.1) is 17.8 Å². The quantitative estimate of drug-likeness (QED) is 0.360. The predicted octanol–water partition coefficient (Wildman–Crippen LogP) is 4.39. The van der Waals surface area contributed by atoms with Gasteiger partial charge in [0, 0.05) is 30.2 Å². The van der Waals surface area contributed by atoms with Gasteiger partial charge in [-0.25, -0.2) is 4.98 Å². The minimum absolute atomic E-state index is 0.0583. The van der Waals surface area contributed by atoms with Gasteiger partial charge in [0.05, 0.1) is 19.0 Å². The maximum Gasteiger partial charge on any atom is 0.415 e. The van der Waals surface area contributed by atoms with Crippen molar-refractivity contribution >= 4 is 17.5 Å². The Hall–Kier alpha value is -3.90. The van der Waals surface area contributed by atoms with Gasteiger partial charge in [0.15, 0.2) is 6.04 Å². The number of alkyl halides is 3. The minimum Gasteiger partial charge on any atom is -0.481 e. The van der Waals surface area contributed by atoms with E-state index in [2.05, 4.69) is 25.8 Å². The van der Waals surface area contributed by atoms with E-state index in [1.165, 1.54) is 31.6 Å². The summed E-state index contributed by atoms with van der Waals surface area (Å²) in [5, 5.41) is 13.8. The summed E-state index contributed by atoms with van der Waals surface area (Å²) in [6, 6.07) is 1.16. The van der Waals surface area contributed by atoms with Crippen molar-refractivity contribution < 1.29 is 27.5 Å². The topological polar surface area (TPSA) is 116 Å². The molecule has 3 aromatic heterocycles. The van der Waals surface area contributed by atoms with E-state index >= 15 is 0 Å². The Bertz CT molecular complexity index is 1350. The van der Waals surface area contributed by atoms with Gasteiger partial charge in [0.1, 0.15) is 11.7 Å². The first-order valence-electron chi connectivity index (χ1n) is 13.3. The normalized spacial score (nSPS) is 17.1. The van der Waals surface area contributed by atoms with Crippen molar-refractivity contribution in [3.05, 3.63) is 54.2 Å². The Morgan fingerprint density at radius 3 is 2.38 bits per heavy atom. The number of nitrogens with zero attached hydrogens (tertiary/aromatic N) is 5. The molecular weight excluding hydrogens is 527 g/mol.